The molecule has 0 unspecified atom stereocenters. The van der Waals surface area contributed by atoms with Crippen molar-refractivity contribution >= 4 is 11.9 Å². The molecule has 0 aromatic carbocycles. The summed E-state index contributed by atoms with van der Waals surface area (Å²) in [5.41, 5.74) is -0.574. The Morgan fingerprint density at radius 3 is 2.39 bits per heavy atom. The summed E-state index contributed by atoms with van der Waals surface area (Å²) >= 11 is 0. The van der Waals surface area contributed by atoms with Crippen LogP contribution in [-0.4, -0.2) is 22.2 Å². The van der Waals surface area contributed by atoms with Crippen molar-refractivity contribution in [2.45, 2.75) is 71.6 Å². The van der Waals surface area contributed by atoms with Crippen molar-refractivity contribution in [1.82, 2.24) is 0 Å². The number of carbonyl (C=O) groups is 2. The van der Waals surface area contributed by atoms with Crippen molar-refractivity contribution in [2.24, 2.45) is 34.5 Å². The van der Waals surface area contributed by atoms with Gasteiger partial charge < -0.3 is 10.2 Å². The molecule has 0 bridgehead atoms. The highest BCUT2D eigenvalue weighted by Crippen LogP contribution is 2.63. The lowest BCUT2D eigenvalue weighted by Crippen LogP contribution is -2.55. The molecule has 4 heteroatoms. The van der Waals surface area contributed by atoms with Crippen molar-refractivity contribution in [3.8, 4) is 0 Å². The molecule has 3 fully saturated rings. The number of carboxylic acids is 2. The summed E-state index contributed by atoms with van der Waals surface area (Å²) in [5.74, 6) is -0.344. The van der Waals surface area contributed by atoms with Gasteiger partial charge in [0.25, 0.3) is 0 Å². The molecular weight excluding hydrogens is 292 g/mol. The van der Waals surface area contributed by atoms with Crippen LogP contribution in [0.3, 0.4) is 0 Å². The summed E-state index contributed by atoms with van der Waals surface area (Å²) in [6, 6.07) is 0. The maximum atomic E-state index is 11.9. The fourth-order valence-electron chi connectivity index (χ4n) is 6.45. The summed E-state index contributed by atoms with van der Waals surface area (Å²) in [4.78, 5) is 23.3. The highest BCUT2D eigenvalue weighted by molar-refractivity contribution is 5.76. The van der Waals surface area contributed by atoms with E-state index in [4.69, 9.17) is 0 Å². The number of rotatable bonds is 3. The van der Waals surface area contributed by atoms with Crippen LogP contribution in [-0.2, 0) is 9.59 Å². The molecule has 0 spiro atoms. The Morgan fingerprint density at radius 2 is 1.74 bits per heavy atom. The van der Waals surface area contributed by atoms with E-state index in [0.717, 1.165) is 25.2 Å². The van der Waals surface area contributed by atoms with E-state index in [-0.39, 0.29) is 18.3 Å². The minimum absolute atomic E-state index is 0.00468. The fraction of sp³-hybridized carbons (Fsp3) is 0.895. The maximum Gasteiger partial charge on any atom is 0.309 e. The summed E-state index contributed by atoms with van der Waals surface area (Å²) in [5, 5.41) is 19.1. The second-order valence-electron chi connectivity index (χ2n) is 8.76. The Balaban J connectivity index is 1.93. The molecule has 0 radical (unpaired) electrons. The van der Waals surface area contributed by atoms with Crippen LogP contribution in [0, 0.1) is 34.5 Å². The van der Waals surface area contributed by atoms with Gasteiger partial charge in [-0.25, -0.2) is 0 Å². The average molecular weight is 322 g/mol. The zero-order valence-electron chi connectivity index (χ0n) is 14.4. The number of hydrogen-bond acceptors (Lipinski definition) is 2. The quantitative estimate of drug-likeness (QED) is 0.817. The van der Waals surface area contributed by atoms with Gasteiger partial charge in [0.15, 0.2) is 0 Å². The molecule has 2 N–H and O–H groups in total. The van der Waals surface area contributed by atoms with Crippen molar-refractivity contribution in [2.75, 3.05) is 0 Å². The average Bonchev–Trinajstić information content (AvgIpc) is 2.48. The largest absolute Gasteiger partial charge is 0.481 e. The molecule has 0 aliphatic heterocycles. The summed E-state index contributed by atoms with van der Waals surface area (Å²) in [6.07, 6.45) is 8.90. The molecule has 3 aliphatic rings. The molecule has 3 rings (SSSR count). The molecule has 0 aromatic heterocycles. The van der Waals surface area contributed by atoms with Crippen molar-refractivity contribution in [1.29, 1.82) is 0 Å². The van der Waals surface area contributed by atoms with E-state index in [0.29, 0.717) is 17.8 Å². The standard InChI is InChI=1S/C19H30O4/c1-18-9-4-3-5-12(18)6-7-13-14(18)8-10-19(2,17(22)23)15(13)11-16(20)21/h12-15H,3-11H2,1-2H3,(H,20,21)(H,22,23)/t12-,13+,14-,15-,18-,19-/m0/s1. The zero-order chi connectivity index (χ0) is 16.8. The highest BCUT2D eigenvalue weighted by atomic mass is 16.4. The van der Waals surface area contributed by atoms with E-state index in [1.807, 2.05) is 0 Å². The van der Waals surface area contributed by atoms with Crippen LogP contribution in [0.1, 0.15) is 71.6 Å². The van der Waals surface area contributed by atoms with Gasteiger partial charge in [0.2, 0.25) is 0 Å². The Kier molecular flexibility index (Phi) is 4.22. The Labute approximate surface area is 138 Å². The van der Waals surface area contributed by atoms with Crippen LogP contribution >= 0.6 is 0 Å². The van der Waals surface area contributed by atoms with Gasteiger partial charge in [-0.3, -0.25) is 9.59 Å². The Hall–Kier alpha value is -1.06. The number of hydrogen-bond donors (Lipinski definition) is 2. The van der Waals surface area contributed by atoms with Gasteiger partial charge in [0.1, 0.15) is 0 Å². The van der Waals surface area contributed by atoms with Crippen LogP contribution in [0.2, 0.25) is 0 Å². The summed E-state index contributed by atoms with van der Waals surface area (Å²) in [6.45, 7) is 4.20. The molecule has 0 heterocycles. The molecule has 0 aromatic rings. The van der Waals surface area contributed by atoms with Crippen molar-refractivity contribution in [3.63, 3.8) is 0 Å². The monoisotopic (exact) mass is 322 g/mol. The minimum Gasteiger partial charge on any atom is -0.481 e. The highest BCUT2D eigenvalue weighted by Gasteiger charge is 2.58. The topological polar surface area (TPSA) is 74.6 Å². The van der Waals surface area contributed by atoms with Crippen molar-refractivity contribution in [3.05, 3.63) is 0 Å². The normalized spacial score (nSPS) is 46.5. The molecule has 6 atom stereocenters. The molecule has 3 aliphatic carbocycles. The second-order valence-corrected chi connectivity index (χ2v) is 8.76. The third-order valence-electron chi connectivity index (χ3n) is 7.86. The van der Waals surface area contributed by atoms with Crippen LogP contribution < -0.4 is 0 Å². The van der Waals surface area contributed by atoms with E-state index < -0.39 is 17.4 Å². The molecule has 4 nitrogen and oxygen atoms in total. The predicted octanol–water partition coefficient (Wildman–Crippen LogP) is 4.18. The Morgan fingerprint density at radius 1 is 1.00 bits per heavy atom. The molecular formula is C19H30O4. The van der Waals surface area contributed by atoms with E-state index in [9.17, 15) is 19.8 Å². The SMILES string of the molecule is C[C@]12CCCC[C@H]1CC[C@@H]1[C@@H]2CC[C@](C)(C(=O)O)[C@H]1CC(=O)O. The molecule has 0 saturated heterocycles. The van der Waals surface area contributed by atoms with E-state index in [1.165, 1.54) is 25.7 Å². The van der Waals surface area contributed by atoms with Crippen LogP contribution in [0.25, 0.3) is 0 Å². The Bertz CT molecular complexity index is 502. The lowest BCUT2D eigenvalue weighted by atomic mass is 9.44. The van der Waals surface area contributed by atoms with E-state index >= 15 is 0 Å². The first-order valence-corrected chi connectivity index (χ1v) is 9.24. The van der Waals surface area contributed by atoms with Gasteiger partial charge in [-0.2, -0.15) is 0 Å². The third kappa shape index (κ3) is 2.58. The molecule has 130 valence electrons. The number of aliphatic carboxylic acids is 2. The minimum atomic E-state index is -0.878. The number of fused-ring (bicyclic) bond motifs is 3. The van der Waals surface area contributed by atoms with Crippen LogP contribution in [0.4, 0.5) is 0 Å². The molecule has 0 amide bonds. The first-order chi connectivity index (χ1) is 10.8. The van der Waals surface area contributed by atoms with E-state index in [2.05, 4.69) is 6.92 Å². The molecule has 23 heavy (non-hydrogen) atoms. The third-order valence-corrected chi connectivity index (χ3v) is 7.86. The maximum absolute atomic E-state index is 11.9. The second kappa shape index (κ2) is 5.78. The van der Waals surface area contributed by atoms with E-state index in [1.54, 1.807) is 6.92 Å². The first-order valence-electron chi connectivity index (χ1n) is 9.24. The van der Waals surface area contributed by atoms with Gasteiger partial charge in [0, 0.05) is 6.42 Å². The zero-order valence-corrected chi connectivity index (χ0v) is 14.4. The van der Waals surface area contributed by atoms with Gasteiger partial charge in [-0.05, 0) is 74.5 Å². The van der Waals surface area contributed by atoms with Crippen molar-refractivity contribution < 1.29 is 19.8 Å². The summed E-state index contributed by atoms with van der Waals surface area (Å²) < 4.78 is 0. The van der Waals surface area contributed by atoms with Crippen LogP contribution in [0.5, 0.6) is 0 Å². The summed E-state index contributed by atoms with van der Waals surface area (Å²) in [7, 11) is 0. The lowest BCUT2D eigenvalue weighted by Gasteiger charge is -2.60. The number of carboxylic acid groups (broad SMARTS) is 2. The van der Waals surface area contributed by atoms with Gasteiger partial charge in [0.05, 0.1) is 5.41 Å². The van der Waals surface area contributed by atoms with Gasteiger partial charge in [-0.15, -0.1) is 0 Å². The molecule has 3 saturated carbocycles. The van der Waals surface area contributed by atoms with Gasteiger partial charge >= 0.3 is 11.9 Å². The fourth-order valence-corrected chi connectivity index (χ4v) is 6.45. The van der Waals surface area contributed by atoms with Gasteiger partial charge in [-0.1, -0.05) is 19.8 Å². The smallest absolute Gasteiger partial charge is 0.309 e. The predicted molar refractivity (Wildman–Crippen MR) is 87.0 cm³/mol. The lowest BCUT2D eigenvalue weighted by molar-refractivity contribution is -0.170. The first kappa shape index (κ1) is 16.8. The van der Waals surface area contributed by atoms with Crippen LogP contribution in [0.15, 0.2) is 0 Å².